The van der Waals surface area contributed by atoms with Gasteiger partial charge in [-0.2, -0.15) is 0 Å². The summed E-state index contributed by atoms with van der Waals surface area (Å²) in [7, 11) is 0. The van der Waals surface area contributed by atoms with Crippen LogP contribution in [0.25, 0.3) is 0 Å². The van der Waals surface area contributed by atoms with Crippen LogP contribution < -0.4 is 10.6 Å². The van der Waals surface area contributed by atoms with Gasteiger partial charge < -0.3 is 20.6 Å². The fourth-order valence-electron chi connectivity index (χ4n) is 5.83. The number of likely N-dealkylation sites (tertiary alicyclic amines) is 1. The maximum Gasteiger partial charge on any atom is 0.244 e. The second-order valence-corrected chi connectivity index (χ2v) is 10.7. The SMILES string of the molecule is CCCCNC(=O)C1N(CCCO)C(=O)[C@@H]2[C@H](C(=O)Nc3ccccc3)[C@@H]3CC(C)C12S3. The van der Waals surface area contributed by atoms with Gasteiger partial charge in [0.05, 0.1) is 16.6 Å². The molecule has 4 rings (SSSR count). The molecule has 3 aliphatic heterocycles. The van der Waals surface area contributed by atoms with E-state index < -0.39 is 22.6 Å². The molecule has 2 bridgehead atoms. The first kappa shape index (κ1) is 23.1. The lowest BCUT2D eigenvalue weighted by Gasteiger charge is -2.38. The predicted octanol–water partition coefficient (Wildman–Crippen LogP) is 2.26. The smallest absolute Gasteiger partial charge is 0.244 e. The number of unbranched alkanes of at least 4 members (excludes halogenated alkanes) is 1. The van der Waals surface area contributed by atoms with E-state index in [9.17, 15) is 19.5 Å². The molecular formula is C24H33N3O4S. The summed E-state index contributed by atoms with van der Waals surface area (Å²) in [5.74, 6) is -1.23. The minimum atomic E-state index is -0.608. The lowest BCUT2D eigenvalue weighted by Crippen LogP contribution is -2.56. The summed E-state index contributed by atoms with van der Waals surface area (Å²) in [6, 6.07) is 8.69. The molecule has 1 aromatic carbocycles. The van der Waals surface area contributed by atoms with Crippen molar-refractivity contribution in [2.75, 3.05) is 25.0 Å². The lowest BCUT2D eigenvalue weighted by atomic mass is 9.66. The Labute approximate surface area is 193 Å². The predicted molar refractivity (Wildman–Crippen MR) is 125 cm³/mol. The largest absolute Gasteiger partial charge is 0.396 e. The second kappa shape index (κ2) is 9.43. The molecule has 1 aromatic rings. The highest BCUT2D eigenvalue weighted by Crippen LogP contribution is 2.68. The van der Waals surface area contributed by atoms with Crippen LogP contribution in [0.4, 0.5) is 5.69 Å². The summed E-state index contributed by atoms with van der Waals surface area (Å²) in [4.78, 5) is 42.1. The Morgan fingerprint density at radius 2 is 1.97 bits per heavy atom. The van der Waals surface area contributed by atoms with Crippen LogP contribution in [0.1, 0.15) is 39.5 Å². The number of anilines is 1. The molecule has 0 aliphatic carbocycles. The van der Waals surface area contributed by atoms with Crippen molar-refractivity contribution in [2.24, 2.45) is 17.8 Å². The van der Waals surface area contributed by atoms with Crippen molar-refractivity contribution in [2.45, 2.75) is 55.6 Å². The van der Waals surface area contributed by atoms with Crippen LogP contribution in [-0.4, -0.2) is 63.5 Å². The summed E-state index contributed by atoms with van der Waals surface area (Å²) in [6.45, 7) is 5.04. The van der Waals surface area contributed by atoms with Crippen molar-refractivity contribution in [3.8, 4) is 0 Å². The number of carbonyl (C=O) groups excluding carboxylic acids is 3. The maximum atomic E-state index is 13.7. The number of hydrogen-bond donors (Lipinski definition) is 3. The summed E-state index contributed by atoms with van der Waals surface area (Å²) in [6.07, 6.45) is 3.08. The Hall–Kier alpha value is -2.06. The van der Waals surface area contributed by atoms with Crippen LogP contribution in [0.2, 0.25) is 0 Å². The Kier molecular flexibility index (Phi) is 6.81. The van der Waals surface area contributed by atoms with E-state index in [1.165, 1.54) is 0 Å². The molecule has 8 heteroatoms. The maximum absolute atomic E-state index is 13.7. The summed E-state index contributed by atoms with van der Waals surface area (Å²) >= 11 is 1.67. The first-order chi connectivity index (χ1) is 15.5. The minimum Gasteiger partial charge on any atom is -0.396 e. The van der Waals surface area contributed by atoms with E-state index in [1.54, 1.807) is 16.7 Å². The normalized spacial score (nSPS) is 32.8. The Morgan fingerprint density at radius 1 is 1.22 bits per heavy atom. The van der Waals surface area contributed by atoms with E-state index in [4.69, 9.17) is 0 Å². The van der Waals surface area contributed by atoms with Crippen molar-refractivity contribution >= 4 is 35.2 Å². The van der Waals surface area contributed by atoms with Crippen molar-refractivity contribution < 1.29 is 19.5 Å². The molecule has 0 saturated carbocycles. The topological polar surface area (TPSA) is 98.7 Å². The zero-order valence-electron chi connectivity index (χ0n) is 18.8. The Morgan fingerprint density at radius 3 is 2.66 bits per heavy atom. The van der Waals surface area contributed by atoms with Gasteiger partial charge in [0.1, 0.15) is 6.04 Å². The van der Waals surface area contributed by atoms with Crippen molar-refractivity contribution in [3.05, 3.63) is 30.3 Å². The number of rotatable bonds is 9. The summed E-state index contributed by atoms with van der Waals surface area (Å²) in [5.41, 5.74) is 0.712. The van der Waals surface area contributed by atoms with Crippen molar-refractivity contribution in [1.29, 1.82) is 0 Å². The molecule has 0 radical (unpaired) electrons. The van der Waals surface area contributed by atoms with E-state index in [0.29, 0.717) is 25.2 Å². The third kappa shape index (κ3) is 3.71. The molecule has 174 valence electrons. The molecule has 32 heavy (non-hydrogen) atoms. The van der Waals surface area contributed by atoms with Gasteiger partial charge in [-0.1, -0.05) is 38.5 Å². The van der Waals surface area contributed by atoms with Crippen LogP contribution in [-0.2, 0) is 14.4 Å². The number of amides is 3. The molecule has 3 unspecified atom stereocenters. The molecule has 1 spiro atoms. The molecule has 3 fully saturated rings. The average molecular weight is 460 g/mol. The van der Waals surface area contributed by atoms with Gasteiger partial charge in [-0.15, -0.1) is 11.8 Å². The average Bonchev–Trinajstić information content (AvgIpc) is 3.37. The standard InChI is InChI=1S/C24H33N3O4S/c1-3-4-11-25-22(30)20-24-15(2)14-17(32-24)18(19(24)23(31)27(20)12-8-13-28)21(29)26-16-9-6-5-7-10-16/h5-7,9-10,15,17-20,28H,3-4,8,11-14H2,1-2H3,(H,25,30)(H,26,29)/t15?,17-,18+,19-,20?,24?/m0/s1. The number of benzene rings is 1. The van der Waals surface area contributed by atoms with E-state index in [0.717, 1.165) is 19.3 Å². The summed E-state index contributed by atoms with van der Waals surface area (Å²) in [5, 5.41) is 15.4. The van der Waals surface area contributed by atoms with E-state index >= 15 is 0 Å². The molecular weight excluding hydrogens is 426 g/mol. The number of nitrogens with one attached hydrogen (secondary N) is 2. The molecule has 3 saturated heterocycles. The number of nitrogens with zero attached hydrogens (tertiary/aromatic N) is 1. The summed E-state index contributed by atoms with van der Waals surface area (Å²) < 4.78 is -0.605. The van der Waals surface area contributed by atoms with E-state index in [2.05, 4.69) is 24.5 Å². The van der Waals surface area contributed by atoms with Crippen LogP contribution in [0, 0.1) is 17.8 Å². The zero-order valence-corrected chi connectivity index (χ0v) is 19.6. The van der Waals surface area contributed by atoms with Gasteiger partial charge in [-0.3, -0.25) is 14.4 Å². The molecule has 3 aliphatic rings. The quantitative estimate of drug-likeness (QED) is 0.492. The molecule has 3 N–H and O–H groups in total. The molecule has 7 nitrogen and oxygen atoms in total. The zero-order chi connectivity index (χ0) is 22.9. The van der Waals surface area contributed by atoms with Crippen LogP contribution in [0.5, 0.6) is 0 Å². The highest BCUT2D eigenvalue weighted by atomic mass is 32.2. The third-order valence-corrected chi connectivity index (χ3v) is 9.30. The number of fused-ring (bicyclic) bond motifs is 1. The van der Waals surface area contributed by atoms with Crippen LogP contribution >= 0.6 is 11.8 Å². The van der Waals surface area contributed by atoms with Crippen molar-refractivity contribution in [1.82, 2.24) is 10.2 Å². The Bertz CT molecular complexity index is 866. The van der Waals surface area contributed by atoms with Gasteiger partial charge in [0.25, 0.3) is 0 Å². The van der Waals surface area contributed by atoms with Gasteiger partial charge >= 0.3 is 0 Å². The van der Waals surface area contributed by atoms with Crippen LogP contribution in [0.15, 0.2) is 30.3 Å². The third-order valence-electron chi connectivity index (χ3n) is 7.22. The second-order valence-electron chi connectivity index (χ2n) is 9.16. The fourth-order valence-corrected chi connectivity index (χ4v) is 8.26. The number of aliphatic hydroxyl groups is 1. The lowest BCUT2D eigenvalue weighted by molar-refractivity contribution is -0.139. The molecule has 3 heterocycles. The number of carbonyl (C=O) groups is 3. The fraction of sp³-hybridized carbons (Fsp3) is 0.625. The van der Waals surface area contributed by atoms with Crippen LogP contribution in [0.3, 0.4) is 0 Å². The minimum absolute atomic E-state index is 0.0218. The van der Waals surface area contributed by atoms with Gasteiger partial charge in [0.2, 0.25) is 17.7 Å². The monoisotopic (exact) mass is 459 g/mol. The van der Waals surface area contributed by atoms with E-state index in [-0.39, 0.29) is 35.5 Å². The molecule has 0 aromatic heterocycles. The number of hydrogen-bond acceptors (Lipinski definition) is 5. The van der Waals surface area contributed by atoms with Gasteiger partial charge in [-0.25, -0.2) is 0 Å². The highest BCUT2D eigenvalue weighted by molar-refractivity contribution is 8.02. The first-order valence-corrected chi connectivity index (χ1v) is 12.6. The highest BCUT2D eigenvalue weighted by Gasteiger charge is 2.75. The molecule has 6 atom stereocenters. The number of thioether (sulfide) groups is 1. The Balaban J connectivity index is 1.65. The van der Waals surface area contributed by atoms with Crippen molar-refractivity contribution in [3.63, 3.8) is 0 Å². The van der Waals surface area contributed by atoms with Gasteiger partial charge in [0, 0.05) is 30.6 Å². The first-order valence-electron chi connectivity index (χ1n) is 11.7. The number of para-hydroxylation sites is 1. The molecule has 3 amide bonds. The van der Waals surface area contributed by atoms with E-state index in [1.807, 2.05) is 30.3 Å². The van der Waals surface area contributed by atoms with Gasteiger partial charge in [-0.05, 0) is 37.3 Å². The number of aliphatic hydroxyl groups excluding tert-OH is 1. The van der Waals surface area contributed by atoms with Gasteiger partial charge in [0.15, 0.2) is 0 Å².